The first-order valence-corrected chi connectivity index (χ1v) is 13.1. The molecule has 0 saturated carbocycles. The summed E-state index contributed by atoms with van der Waals surface area (Å²) in [6.45, 7) is 4.52. The van der Waals surface area contributed by atoms with E-state index in [-0.39, 0.29) is 16.9 Å². The van der Waals surface area contributed by atoms with E-state index in [9.17, 15) is 22.8 Å². The van der Waals surface area contributed by atoms with Gasteiger partial charge in [-0.25, -0.2) is 9.78 Å². The van der Waals surface area contributed by atoms with Crippen LogP contribution in [-0.2, 0) is 37.3 Å². The predicted octanol–water partition coefficient (Wildman–Crippen LogP) is 3.51. The molecular weight excluding hydrogens is 529 g/mol. The van der Waals surface area contributed by atoms with Gasteiger partial charge in [0.1, 0.15) is 5.82 Å². The summed E-state index contributed by atoms with van der Waals surface area (Å²) in [6.07, 6.45) is -0.136. The van der Waals surface area contributed by atoms with Crippen LogP contribution in [-0.4, -0.2) is 62.1 Å². The van der Waals surface area contributed by atoms with Gasteiger partial charge in [-0.1, -0.05) is 30.3 Å². The average Bonchev–Trinajstić information content (AvgIpc) is 3.59. The van der Waals surface area contributed by atoms with Gasteiger partial charge < -0.3 is 14.4 Å². The molecule has 1 fully saturated rings. The Labute approximate surface area is 227 Å². The van der Waals surface area contributed by atoms with E-state index in [4.69, 9.17) is 19.3 Å². The van der Waals surface area contributed by atoms with Gasteiger partial charge in [0.05, 0.1) is 17.5 Å². The number of furan rings is 1. The molecular formula is C28H29F3N4O5. The number of hydrogen-bond acceptors (Lipinski definition) is 6. The molecule has 6 rings (SSSR count). The van der Waals surface area contributed by atoms with Crippen molar-refractivity contribution in [2.75, 3.05) is 19.6 Å². The summed E-state index contributed by atoms with van der Waals surface area (Å²) in [6, 6.07) is 13.9. The summed E-state index contributed by atoms with van der Waals surface area (Å²) in [5.41, 5.74) is 3.28. The molecule has 3 aliphatic rings. The summed E-state index contributed by atoms with van der Waals surface area (Å²) in [4.78, 5) is 44.2. The Kier molecular flexibility index (Phi) is 7.54. The minimum atomic E-state index is -5.08. The lowest BCUT2D eigenvalue weighted by Gasteiger charge is -2.38. The number of fused-ring (bicyclic) bond motifs is 2. The molecule has 3 aliphatic heterocycles. The molecule has 2 aromatic heterocycles. The zero-order valence-electron chi connectivity index (χ0n) is 21.7. The Bertz CT molecular complexity index is 1430. The van der Waals surface area contributed by atoms with Gasteiger partial charge in [-0.2, -0.15) is 13.2 Å². The van der Waals surface area contributed by atoms with Crippen molar-refractivity contribution < 1.29 is 32.3 Å². The van der Waals surface area contributed by atoms with E-state index in [2.05, 4.69) is 29.2 Å². The minimum absolute atomic E-state index is 0.0206. The highest BCUT2D eigenvalue weighted by atomic mass is 19.4. The Morgan fingerprint density at radius 1 is 1.05 bits per heavy atom. The SMILES string of the molecule is O=C(O)C(F)(F)F.O=C(c1ccco1)N1CCC2(CC1)Cc1nc3c(c(=O)n1C2)CN(Cc1ccccc1)CC3. The number of nitrogens with zero attached hydrogens (tertiary/aromatic N) is 4. The van der Waals surface area contributed by atoms with Crippen LogP contribution >= 0.6 is 0 Å². The molecule has 5 heterocycles. The van der Waals surface area contributed by atoms with Crippen LogP contribution < -0.4 is 5.56 Å². The number of amides is 1. The van der Waals surface area contributed by atoms with Crippen molar-refractivity contribution in [1.82, 2.24) is 19.4 Å². The average molecular weight is 559 g/mol. The van der Waals surface area contributed by atoms with Crippen LogP contribution in [0.2, 0.25) is 0 Å². The fraction of sp³-hybridized carbons (Fsp3) is 0.429. The van der Waals surface area contributed by atoms with Crippen molar-refractivity contribution in [1.29, 1.82) is 0 Å². The third kappa shape index (κ3) is 5.81. The standard InChI is InChI=1S/C26H28N4O3.C2HF3O2/c31-24-20-17-28(16-19-5-2-1-3-6-19)11-8-21(20)27-23-15-26(18-30(23)24)9-12-29(13-10-26)25(32)22-7-4-14-33-22;3-2(4,5)1(6)7/h1-7,14H,8-13,15-18H2;(H,6,7). The topological polar surface area (TPSA) is 109 Å². The molecule has 212 valence electrons. The van der Waals surface area contributed by atoms with Gasteiger partial charge in [0, 0.05) is 52.1 Å². The molecule has 0 aliphatic carbocycles. The molecule has 0 unspecified atom stereocenters. The fourth-order valence-corrected chi connectivity index (χ4v) is 5.70. The van der Waals surface area contributed by atoms with E-state index in [1.165, 1.54) is 11.8 Å². The number of rotatable bonds is 3. The number of benzene rings is 1. The second kappa shape index (κ2) is 10.9. The van der Waals surface area contributed by atoms with E-state index >= 15 is 0 Å². The lowest BCUT2D eigenvalue weighted by molar-refractivity contribution is -0.192. The number of aromatic nitrogens is 2. The number of likely N-dealkylation sites (tertiary alicyclic amines) is 1. The van der Waals surface area contributed by atoms with Crippen molar-refractivity contribution in [3.8, 4) is 0 Å². The van der Waals surface area contributed by atoms with Gasteiger partial charge in [-0.05, 0) is 36.0 Å². The second-order valence-corrected chi connectivity index (χ2v) is 10.5. The number of carboxylic acids is 1. The van der Waals surface area contributed by atoms with E-state index < -0.39 is 12.1 Å². The van der Waals surface area contributed by atoms with Crippen molar-refractivity contribution in [3.63, 3.8) is 0 Å². The van der Waals surface area contributed by atoms with Crippen LogP contribution in [0.1, 0.15) is 46.0 Å². The molecule has 0 bridgehead atoms. The number of carboxylic acid groups (broad SMARTS) is 1. The molecule has 1 spiro atoms. The van der Waals surface area contributed by atoms with E-state index in [0.29, 0.717) is 31.9 Å². The third-order valence-corrected chi connectivity index (χ3v) is 7.84. The van der Waals surface area contributed by atoms with Gasteiger partial charge in [-0.15, -0.1) is 0 Å². The summed E-state index contributed by atoms with van der Waals surface area (Å²) >= 11 is 0. The van der Waals surface area contributed by atoms with E-state index in [1.54, 1.807) is 12.1 Å². The summed E-state index contributed by atoms with van der Waals surface area (Å²) in [7, 11) is 0. The minimum Gasteiger partial charge on any atom is -0.475 e. The molecule has 9 nitrogen and oxygen atoms in total. The van der Waals surface area contributed by atoms with Crippen LogP contribution in [0.15, 0.2) is 57.9 Å². The van der Waals surface area contributed by atoms with Gasteiger partial charge in [-0.3, -0.25) is 19.1 Å². The maximum atomic E-state index is 13.5. The third-order valence-electron chi connectivity index (χ3n) is 7.84. The zero-order valence-corrected chi connectivity index (χ0v) is 21.7. The fourth-order valence-electron chi connectivity index (χ4n) is 5.70. The first-order chi connectivity index (χ1) is 19.0. The van der Waals surface area contributed by atoms with Crippen LogP contribution in [0.3, 0.4) is 0 Å². The molecule has 0 radical (unpaired) electrons. The van der Waals surface area contributed by atoms with Crippen molar-refractivity contribution in [3.05, 3.63) is 87.5 Å². The van der Waals surface area contributed by atoms with Crippen molar-refractivity contribution >= 4 is 11.9 Å². The highest BCUT2D eigenvalue weighted by Gasteiger charge is 2.43. The van der Waals surface area contributed by atoms with E-state index in [0.717, 1.165) is 55.9 Å². The number of carbonyl (C=O) groups excluding carboxylic acids is 1. The van der Waals surface area contributed by atoms with E-state index in [1.807, 2.05) is 15.5 Å². The van der Waals surface area contributed by atoms with Gasteiger partial charge >= 0.3 is 12.1 Å². The highest BCUT2D eigenvalue weighted by molar-refractivity contribution is 5.91. The maximum absolute atomic E-state index is 13.5. The first-order valence-electron chi connectivity index (χ1n) is 13.1. The number of piperidine rings is 1. The second-order valence-electron chi connectivity index (χ2n) is 10.5. The van der Waals surface area contributed by atoms with Gasteiger partial charge in [0.25, 0.3) is 11.5 Å². The summed E-state index contributed by atoms with van der Waals surface area (Å²) in [5.74, 6) is -1.48. The molecule has 1 N–H and O–H groups in total. The molecule has 1 saturated heterocycles. The molecule has 1 aromatic carbocycles. The summed E-state index contributed by atoms with van der Waals surface area (Å²) in [5, 5.41) is 7.12. The number of carbonyl (C=O) groups is 2. The number of halogens is 3. The van der Waals surface area contributed by atoms with Crippen LogP contribution in [0.5, 0.6) is 0 Å². The van der Waals surface area contributed by atoms with Crippen LogP contribution in [0.25, 0.3) is 0 Å². The summed E-state index contributed by atoms with van der Waals surface area (Å²) < 4.78 is 38.9. The smallest absolute Gasteiger partial charge is 0.475 e. The zero-order chi connectivity index (χ0) is 28.5. The molecule has 0 atom stereocenters. The van der Waals surface area contributed by atoms with Crippen molar-refractivity contribution in [2.24, 2.45) is 5.41 Å². The van der Waals surface area contributed by atoms with Gasteiger partial charge in [0.15, 0.2) is 5.76 Å². The normalized spacial score (nSPS) is 18.0. The monoisotopic (exact) mass is 558 g/mol. The Balaban J connectivity index is 0.000000411. The number of hydrogen-bond donors (Lipinski definition) is 1. The van der Waals surface area contributed by atoms with Crippen molar-refractivity contribution in [2.45, 2.75) is 51.5 Å². The maximum Gasteiger partial charge on any atom is 0.490 e. The van der Waals surface area contributed by atoms with Crippen LogP contribution in [0, 0.1) is 5.41 Å². The number of alkyl halides is 3. The Morgan fingerprint density at radius 3 is 2.38 bits per heavy atom. The highest BCUT2D eigenvalue weighted by Crippen LogP contribution is 2.41. The first kappa shape index (κ1) is 27.6. The molecule has 40 heavy (non-hydrogen) atoms. The lowest BCUT2D eigenvalue weighted by atomic mass is 9.77. The molecule has 12 heteroatoms. The quantitative estimate of drug-likeness (QED) is 0.524. The molecule has 1 amide bonds. The number of aliphatic carboxylic acids is 1. The lowest BCUT2D eigenvalue weighted by Crippen LogP contribution is -2.44. The van der Waals surface area contributed by atoms with Crippen LogP contribution in [0.4, 0.5) is 13.2 Å². The predicted molar refractivity (Wildman–Crippen MR) is 136 cm³/mol. The Hall–Kier alpha value is -3.93. The molecule has 3 aromatic rings. The largest absolute Gasteiger partial charge is 0.490 e. The Morgan fingerprint density at radius 2 is 1.75 bits per heavy atom. The van der Waals surface area contributed by atoms with Gasteiger partial charge in [0.2, 0.25) is 0 Å².